The van der Waals surface area contributed by atoms with Gasteiger partial charge in [0.1, 0.15) is 5.15 Å². The lowest BCUT2D eigenvalue weighted by Crippen LogP contribution is -2.00. The fraction of sp³-hybridized carbons (Fsp3) is 0.286. The molecule has 0 unspecified atom stereocenters. The van der Waals surface area contributed by atoms with Crippen LogP contribution in [0.2, 0.25) is 10.2 Å². The Morgan fingerprint density at radius 3 is 2.58 bits per heavy atom. The zero-order chi connectivity index (χ0) is 13.6. The van der Waals surface area contributed by atoms with Crippen molar-refractivity contribution in [3.8, 4) is 11.4 Å². The summed E-state index contributed by atoms with van der Waals surface area (Å²) < 4.78 is 0.983. The lowest BCUT2D eigenvalue weighted by atomic mass is 10.1. The van der Waals surface area contributed by atoms with Gasteiger partial charge in [0.25, 0.3) is 0 Å². The second-order valence-corrected chi connectivity index (χ2v) is 6.64. The number of aryl methyl sites for hydroxylation is 1. The van der Waals surface area contributed by atoms with Crippen molar-refractivity contribution in [3.63, 3.8) is 0 Å². The zero-order valence-electron chi connectivity index (χ0n) is 10.3. The summed E-state index contributed by atoms with van der Waals surface area (Å²) in [6.45, 7) is 2.01. The Morgan fingerprint density at radius 2 is 1.95 bits per heavy atom. The second kappa shape index (κ2) is 5.19. The van der Waals surface area contributed by atoms with E-state index in [1.807, 2.05) is 25.1 Å². The molecule has 2 nitrogen and oxygen atoms in total. The van der Waals surface area contributed by atoms with Gasteiger partial charge in [0.15, 0.2) is 5.82 Å². The van der Waals surface area contributed by atoms with Crippen LogP contribution in [-0.4, -0.2) is 9.97 Å². The van der Waals surface area contributed by atoms with E-state index < -0.39 is 0 Å². The van der Waals surface area contributed by atoms with Gasteiger partial charge in [-0.1, -0.05) is 23.2 Å². The minimum Gasteiger partial charge on any atom is -0.232 e. The Bertz CT molecular complexity index is 654. The molecule has 0 atom stereocenters. The number of rotatable bonds is 2. The molecule has 1 heterocycles. The third kappa shape index (κ3) is 2.73. The van der Waals surface area contributed by atoms with Gasteiger partial charge in [-0.15, -0.1) is 0 Å². The van der Waals surface area contributed by atoms with Gasteiger partial charge in [-0.25, -0.2) is 9.97 Å². The Hall–Kier alpha value is -0.390. The molecule has 1 aromatic carbocycles. The van der Waals surface area contributed by atoms with Gasteiger partial charge < -0.3 is 0 Å². The maximum absolute atomic E-state index is 6.24. The molecule has 19 heavy (non-hydrogen) atoms. The van der Waals surface area contributed by atoms with Crippen LogP contribution in [0.15, 0.2) is 18.2 Å². The summed E-state index contributed by atoms with van der Waals surface area (Å²) in [6, 6.07) is 5.73. The Morgan fingerprint density at radius 1 is 1.21 bits per heavy atom. The second-order valence-electron chi connectivity index (χ2n) is 4.77. The summed E-state index contributed by atoms with van der Waals surface area (Å²) in [5.41, 5.74) is 3.14. The van der Waals surface area contributed by atoms with E-state index in [1.54, 1.807) is 0 Å². The fourth-order valence-electron chi connectivity index (χ4n) is 2.06. The minimum atomic E-state index is 0.543. The molecular formula is C14H11Cl2IN2. The monoisotopic (exact) mass is 404 g/mol. The van der Waals surface area contributed by atoms with Crippen LogP contribution in [0.3, 0.4) is 0 Å². The molecule has 2 aromatic rings. The van der Waals surface area contributed by atoms with Gasteiger partial charge in [-0.2, -0.15) is 0 Å². The Kier molecular flexibility index (Phi) is 3.71. The predicted octanol–water partition coefficient (Wildman–Crippen LogP) is 5.24. The molecule has 0 amide bonds. The van der Waals surface area contributed by atoms with Gasteiger partial charge in [-0.05, 0) is 66.1 Å². The molecule has 0 aliphatic heterocycles. The highest BCUT2D eigenvalue weighted by atomic mass is 127. The van der Waals surface area contributed by atoms with E-state index in [9.17, 15) is 0 Å². The lowest BCUT2D eigenvalue weighted by Gasteiger charge is -2.09. The minimum absolute atomic E-state index is 0.543. The molecule has 5 heteroatoms. The van der Waals surface area contributed by atoms with E-state index in [1.165, 1.54) is 12.8 Å². The normalized spacial score (nSPS) is 14.7. The van der Waals surface area contributed by atoms with E-state index in [4.69, 9.17) is 28.2 Å². The van der Waals surface area contributed by atoms with Crippen molar-refractivity contribution < 1.29 is 0 Å². The summed E-state index contributed by atoms with van der Waals surface area (Å²) >= 11 is 14.5. The van der Waals surface area contributed by atoms with Gasteiger partial charge >= 0.3 is 0 Å². The smallest absolute Gasteiger partial charge is 0.161 e. The molecule has 1 aromatic heterocycles. The van der Waals surface area contributed by atoms with Crippen molar-refractivity contribution in [1.82, 2.24) is 9.97 Å². The number of benzene rings is 1. The highest BCUT2D eigenvalue weighted by Gasteiger charge is 2.29. The number of hydrogen-bond donors (Lipinski definition) is 0. The molecule has 1 saturated carbocycles. The summed E-state index contributed by atoms with van der Waals surface area (Å²) in [6.07, 6.45) is 2.39. The molecule has 0 saturated heterocycles. The van der Waals surface area contributed by atoms with Crippen molar-refractivity contribution in [2.45, 2.75) is 25.7 Å². The third-order valence-electron chi connectivity index (χ3n) is 3.23. The topological polar surface area (TPSA) is 25.8 Å². The van der Waals surface area contributed by atoms with Gasteiger partial charge in [-0.3, -0.25) is 0 Å². The molecule has 1 fully saturated rings. The molecule has 3 rings (SSSR count). The lowest BCUT2D eigenvalue weighted by molar-refractivity contribution is 0.977. The van der Waals surface area contributed by atoms with Crippen LogP contribution in [0.5, 0.6) is 0 Å². The molecular weight excluding hydrogens is 394 g/mol. The first-order chi connectivity index (χ1) is 9.06. The Labute approximate surface area is 135 Å². The summed E-state index contributed by atoms with van der Waals surface area (Å²) in [5.74, 6) is 1.25. The van der Waals surface area contributed by atoms with Gasteiger partial charge in [0, 0.05) is 16.5 Å². The van der Waals surface area contributed by atoms with E-state index in [0.29, 0.717) is 16.9 Å². The molecule has 1 aliphatic rings. The van der Waals surface area contributed by atoms with Crippen LogP contribution < -0.4 is 0 Å². The Balaban J connectivity index is 2.14. The standard InChI is InChI=1S/C14H11Cl2IN2/c1-7-6-9(15)4-5-10(7)14-18-12(8-2-3-8)11(17)13(16)19-14/h4-6,8H,2-3H2,1H3. The first kappa shape index (κ1) is 13.6. The van der Waals surface area contributed by atoms with Crippen LogP contribution in [0.4, 0.5) is 0 Å². The number of nitrogens with zero attached hydrogens (tertiary/aromatic N) is 2. The molecule has 0 N–H and O–H groups in total. The molecule has 0 radical (unpaired) electrons. The highest BCUT2D eigenvalue weighted by molar-refractivity contribution is 14.1. The van der Waals surface area contributed by atoms with Crippen molar-refractivity contribution in [3.05, 3.63) is 43.2 Å². The largest absolute Gasteiger partial charge is 0.232 e. The predicted molar refractivity (Wildman–Crippen MR) is 86.9 cm³/mol. The quantitative estimate of drug-likeness (QED) is 0.505. The third-order valence-corrected chi connectivity index (χ3v) is 5.12. The average molecular weight is 405 g/mol. The van der Waals surface area contributed by atoms with Gasteiger partial charge in [0.2, 0.25) is 0 Å². The van der Waals surface area contributed by atoms with E-state index >= 15 is 0 Å². The number of hydrogen-bond acceptors (Lipinski definition) is 2. The fourth-order valence-corrected chi connectivity index (χ4v) is 3.15. The zero-order valence-corrected chi connectivity index (χ0v) is 13.9. The molecule has 0 spiro atoms. The van der Waals surface area contributed by atoms with Crippen molar-refractivity contribution in [2.24, 2.45) is 0 Å². The molecule has 98 valence electrons. The van der Waals surface area contributed by atoms with Crippen molar-refractivity contribution in [2.75, 3.05) is 0 Å². The van der Waals surface area contributed by atoms with Gasteiger partial charge in [0.05, 0.1) is 9.26 Å². The van der Waals surface area contributed by atoms with Crippen LogP contribution in [0, 0.1) is 10.5 Å². The van der Waals surface area contributed by atoms with E-state index in [2.05, 4.69) is 27.6 Å². The summed E-state index contributed by atoms with van der Waals surface area (Å²) in [5, 5.41) is 1.27. The maximum Gasteiger partial charge on any atom is 0.161 e. The molecule has 1 aliphatic carbocycles. The SMILES string of the molecule is Cc1cc(Cl)ccc1-c1nc(Cl)c(I)c(C2CC2)n1. The van der Waals surface area contributed by atoms with Crippen molar-refractivity contribution in [1.29, 1.82) is 0 Å². The van der Waals surface area contributed by atoms with E-state index in [0.717, 1.165) is 25.4 Å². The average Bonchev–Trinajstić information content (AvgIpc) is 3.17. The maximum atomic E-state index is 6.24. The van der Waals surface area contributed by atoms with Crippen LogP contribution in [0.25, 0.3) is 11.4 Å². The molecule has 0 bridgehead atoms. The van der Waals surface area contributed by atoms with Crippen LogP contribution in [0.1, 0.15) is 30.0 Å². The highest BCUT2D eigenvalue weighted by Crippen LogP contribution is 2.43. The van der Waals surface area contributed by atoms with E-state index in [-0.39, 0.29) is 0 Å². The summed E-state index contributed by atoms with van der Waals surface area (Å²) in [7, 11) is 0. The van der Waals surface area contributed by atoms with Crippen LogP contribution in [-0.2, 0) is 0 Å². The first-order valence-corrected chi connectivity index (χ1v) is 7.89. The van der Waals surface area contributed by atoms with Crippen LogP contribution >= 0.6 is 45.8 Å². The van der Waals surface area contributed by atoms with Crippen molar-refractivity contribution >= 4 is 45.8 Å². The first-order valence-electron chi connectivity index (χ1n) is 6.05. The number of aromatic nitrogens is 2. The number of halogens is 3. The summed E-state index contributed by atoms with van der Waals surface area (Å²) in [4.78, 5) is 9.12.